The third kappa shape index (κ3) is 4.27. The molecule has 4 nitrogen and oxygen atoms in total. The number of aromatic nitrogens is 2. The van der Waals surface area contributed by atoms with Crippen molar-refractivity contribution in [3.05, 3.63) is 40.7 Å². The number of thioether (sulfide) groups is 1. The van der Waals surface area contributed by atoms with Gasteiger partial charge in [0.25, 0.3) is 0 Å². The number of anilines is 1. The highest BCUT2D eigenvalue weighted by Gasteiger charge is 2.11. The topological polar surface area (TPSA) is 46.9 Å². The molecule has 2 aromatic rings. The molecule has 2 rings (SSSR count). The largest absolute Gasteiger partial charge is 0.326 e. The maximum atomic E-state index is 12.1. The molecule has 1 N–H and O–H groups in total. The second kappa shape index (κ2) is 7.70. The molecule has 0 radical (unpaired) electrons. The Labute approximate surface area is 140 Å². The summed E-state index contributed by atoms with van der Waals surface area (Å²) in [6, 6.07) is 3.86. The van der Waals surface area contributed by atoms with E-state index in [1.165, 1.54) is 11.8 Å². The lowest BCUT2D eigenvalue weighted by atomic mass is 10.1. The first-order chi connectivity index (χ1) is 10.5. The standard InChI is InChI=1S/C16H20ClN3OS/c1-4-6-20-7-5-18-16(20)22-10-14(21)19-15-12(3)8-11(2)9-13(15)17/h5,7-9H,4,6,10H2,1-3H3,(H,19,21). The number of benzene rings is 1. The predicted octanol–water partition coefficient (Wildman–Crippen LogP) is 4.29. The second-order valence-corrected chi connectivity index (χ2v) is 6.53. The number of rotatable bonds is 6. The molecule has 0 saturated carbocycles. The van der Waals surface area contributed by atoms with E-state index >= 15 is 0 Å². The molecule has 1 heterocycles. The number of amides is 1. The number of imidazole rings is 1. The van der Waals surface area contributed by atoms with E-state index < -0.39 is 0 Å². The molecule has 22 heavy (non-hydrogen) atoms. The van der Waals surface area contributed by atoms with Gasteiger partial charge in [-0.3, -0.25) is 4.79 Å². The fraction of sp³-hybridized carbons (Fsp3) is 0.375. The summed E-state index contributed by atoms with van der Waals surface area (Å²) in [6.45, 7) is 6.94. The van der Waals surface area contributed by atoms with Crippen LogP contribution in [0.4, 0.5) is 5.69 Å². The van der Waals surface area contributed by atoms with E-state index in [4.69, 9.17) is 11.6 Å². The highest BCUT2D eigenvalue weighted by molar-refractivity contribution is 7.99. The number of hydrogen-bond donors (Lipinski definition) is 1. The first kappa shape index (κ1) is 16.9. The van der Waals surface area contributed by atoms with Crippen LogP contribution in [0.25, 0.3) is 0 Å². The molecule has 0 atom stereocenters. The average Bonchev–Trinajstić information content (AvgIpc) is 2.88. The number of carbonyl (C=O) groups excluding carboxylic acids is 1. The molecule has 0 aliphatic carbocycles. The van der Waals surface area contributed by atoms with Crippen LogP contribution in [0, 0.1) is 13.8 Å². The van der Waals surface area contributed by atoms with Gasteiger partial charge in [0.05, 0.1) is 16.5 Å². The lowest BCUT2D eigenvalue weighted by Gasteiger charge is -2.11. The van der Waals surface area contributed by atoms with Crippen LogP contribution < -0.4 is 5.32 Å². The molecular formula is C16H20ClN3OS. The van der Waals surface area contributed by atoms with Crippen LogP contribution >= 0.6 is 23.4 Å². The lowest BCUT2D eigenvalue weighted by molar-refractivity contribution is -0.113. The van der Waals surface area contributed by atoms with Crippen molar-refractivity contribution in [2.24, 2.45) is 0 Å². The van der Waals surface area contributed by atoms with Crippen LogP contribution in [0.15, 0.2) is 29.7 Å². The fourth-order valence-electron chi connectivity index (χ4n) is 2.23. The van der Waals surface area contributed by atoms with Gasteiger partial charge in [-0.2, -0.15) is 0 Å². The summed E-state index contributed by atoms with van der Waals surface area (Å²) in [6.07, 6.45) is 4.73. The van der Waals surface area contributed by atoms with Crippen molar-refractivity contribution in [3.8, 4) is 0 Å². The monoisotopic (exact) mass is 337 g/mol. The third-order valence-corrected chi connectivity index (χ3v) is 4.47. The zero-order valence-corrected chi connectivity index (χ0v) is 14.6. The molecule has 118 valence electrons. The minimum Gasteiger partial charge on any atom is -0.326 e. The minimum atomic E-state index is -0.0788. The van der Waals surface area contributed by atoms with Crippen molar-refractivity contribution in [2.45, 2.75) is 38.9 Å². The lowest BCUT2D eigenvalue weighted by Crippen LogP contribution is -2.16. The Balaban J connectivity index is 1.98. The molecular weight excluding hydrogens is 318 g/mol. The van der Waals surface area contributed by atoms with Gasteiger partial charge in [0, 0.05) is 18.9 Å². The Hall–Kier alpha value is -1.46. The highest BCUT2D eigenvalue weighted by Crippen LogP contribution is 2.27. The third-order valence-electron chi connectivity index (χ3n) is 3.17. The Kier molecular flexibility index (Phi) is 5.91. The molecule has 0 aliphatic heterocycles. The fourth-order valence-corrected chi connectivity index (χ4v) is 3.38. The van der Waals surface area contributed by atoms with Gasteiger partial charge in [0.15, 0.2) is 5.16 Å². The van der Waals surface area contributed by atoms with Crippen LogP contribution in [0.5, 0.6) is 0 Å². The van der Waals surface area contributed by atoms with Gasteiger partial charge in [0.2, 0.25) is 5.91 Å². The number of aryl methyl sites for hydroxylation is 3. The molecule has 1 amide bonds. The molecule has 0 spiro atoms. The van der Waals surface area contributed by atoms with Gasteiger partial charge in [-0.05, 0) is 37.5 Å². The van der Waals surface area contributed by atoms with E-state index in [-0.39, 0.29) is 5.91 Å². The van der Waals surface area contributed by atoms with E-state index in [2.05, 4.69) is 21.8 Å². The Morgan fingerprint density at radius 2 is 2.18 bits per heavy atom. The van der Waals surface area contributed by atoms with Crippen LogP contribution in [-0.4, -0.2) is 21.2 Å². The molecule has 0 bridgehead atoms. The number of hydrogen-bond acceptors (Lipinski definition) is 3. The van der Waals surface area contributed by atoms with E-state index in [9.17, 15) is 4.79 Å². The van der Waals surface area contributed by atoms with E-state index in [1.54, 1.807) is 6.20 Å². The van der Waals surface area contributed by atoms with E-state index in [1.807, 2.05) is 32.2 Å². The summed E-state index contributed by atoms with van der Waals surface area (Å²) in [5, 5.41) is 4.33. The van der Waals surface area contributed by atoms with Crippen molar-refractivity contribution >= 4 is 35.0 Å². The van der Waals surface area contributed by atoms with E-state index in [0.717, 1.165) is 29.2 Å². The Morgan fingerprint density at radius 1 is 1.41 bits per heavy atom. The number of nitrogens with zero attached hydrogens (tertiary/aromatic N) is 2. The van der Waals surface area contributed by atoms with Crippen LogP contribution in [-0.2, 0) is 11.3 Å². The summed E-state index contributed by atoms with van der Waals surface area (Å²) in [4.78, 5) is 16.4. The zero-order valence-electron chi connectivity index (χ0n) is 13.0. The summed E-state index contributed by atoms with van der Waals surface area (Å²) < 4.78 is 2.06. The van der Waals surface area contributed by atoms with Gasteiger partial charge in [-0.15, -0.1) is 0 Å². The highest BCUT2D eigenvalue weighted by atomic mass is 35.5. The van der Waals surface area contributed by atoms with Gasteiger partial charge < -0.3 is 9.88 Å². The molecule has 0 aliphatic rings. The second-order valence-electron chi connectivity index (χ2n) is 5.18. The molecule has 0 saturated heterocycles. The summed E-state index contributed by atoms with van der Waals surface area (Å²) >= 11 is 7.64. The number of halogens is 1. The molecule has 1 aromatic heterocycles. The van der Waals surface area contributed by atoms with Crippen molar-refractivity contribution in [3.63, 3.8) is 0 Å². The number of nitrogens with one attached hydrogen (secondary N) is 1. The van der Waals surface area contributed by atoms with Crippen molar-refractivity contribution in [1.29, 1.82) is 0 Å². The normalized spacial score (nSPS) is 10.7. The molecule has 1 aromatic carbocycles. The molecule has 6 heteroatoms. The SMILES string of the molecule is CCCn1ccnc1SCC(=O)Nc1c(C)cc(C)cc1Cl. The maximum Gasteiger partial charge on any atom is 0.234 e. The molecule has 0 fully saturated rings. The van der Waals surface area contributed by atoms with Gasteiger partial charge in [-0.25, -0.2) is 4.98 Å². The Bertz CT molecular complexity index is 646. The Morgan fingerprint density at radius 3 is 2.86 bits per heavy atom. The van der Waals surface area contributed by atoms with Crippen molar-refractivity contribution < 1.29 is 4.79 Å². The van der Waals surface area contributed by atoms with Crippen molar-refractivity contribution in [1.82, 2.24) is 9.55 Å². The summed E-state index contributed by atoms with van der Waals surface area (Å²) in [7, 11) is 0. The molecule has 0 unspecified atom stereocenters. The summed E-state index contributed by atoms with van der Waals surface area (Å²) in [5.41, 5.74) is 2.74. The summed E-state index contributed by atoms with van der Waals surface area (Å²) in [5.74, 6) is 0.231. The first-order valence-electron chi connectivity index (χ1n) is 7.21. The predicted molar refractivity (Wildman–Crippen MR) is 92.8 cm³/mol. The smallest absolute Gasteiger partial charge is 0.234 e. The number of carbonyl (C=O) groups is 1. The maximum absolute atomic E-state index is 12.1. The zero-order chi connectivity index (χ0) is 16.1. The minimum absolute atomic E-state index is 0.0788. The van der Waals surface area contributed by atoms with Gasteiger partial charge in [0.1, 0.15) is 0 Å². The van der Waals surface area contributed by atoms with Crippen LogP contribution in [0.2, 0.25) is 5.02 Å². The van der Waals surface area contributed by atoms with Crippen molar-refractivity contribution in [2.75, 3.05) is 11.1 Å². The van der Waals surface area contributed by atoms with Gasteiger partial charge in [-0.1, -0.05) is 36.4 Å². The first-order valence-corrected chi connectivity index (χ1v) is 8.58. The van der Waals surface area contributed by atoms with E-state index in [0.29, 0.717) is 16.5 Å². The van der Waals surface area contributed by atoms with Gasteiger partial charge >= 0.3 is 0 Å². The quantitative estimate of drug-likeness (QED) is 0.800. The average molecular weight is 338 g/mol. The van der Waals surface area contributed by atoms with Crippen LogP contribution in [0.1, 0.15) is 24.5 Å². The van der Waals surface area contributed by atoms with Crippen LogP contribution in [0.3, 0.4) is 0 Å².